The van der Waals surface area contributed by atoms with Crippen LogP contribution < -0.4 is 15.4 Å². The topological polar surface area (TPSA) is 80.6 Å². The van der Waals surface area contributed by atoms with Crippen LogP contribution >= 0.6 is 0 Å². The summed E-state index contributed by atoms with van der Waals surface area (Å²) in [5, 5.41) is 5.56. The third-order valence-electron chi connectivity index (χ3n) is 4.04. The van der Waals surface area contributed by atoms with Gasteiger partial charge in [0.25, 0.3) is 5.91 Å². The number of aryl methyl sites for hydroxylation is 1. The van der Waals surface area contributed by atoms with E-state index in [0.29, 0.717) is 34.2 Å². The molecule has 0 spiro atoms. The van der Waals surface area contributed by atoms with Crippen LogP contribution in [0.25, 0.3) is 6.08 Å². The van der Waals surface area contributed by atoms with Crippen molar-refractivity contribution in [1.82, 2.24) is 0 Å². The van der Waals surface area contributed by atoms with Gasteiger partial charge in [0, 0.05) is 11.8 Å². The molecular weight excluding hydrogens is 344 g/mol. The Hall–Kier alpha value is -3.80. The third kappa shape index (κ3) is 3.59. The van der Waals surface area contributed by atoms with Crippen LogP contribution in [0.1, 0.15) is 21.7 Å². The minimum Gasteiger partial charge on any atom is -0.465 e. The van der Waals surface area contributed by atoms with Gasteiger partial charge in [0.2, 0.25) is 5.91 Å². The number of anilines is 2. The van der Waals surface area contributed by atoms with E-state index in [4.69, 9.17) is 9.15 Å². The van der Waals surface area contributed by atoms with E-state index in [0.717, 1.165) is 5.56 Å². The van der Waals surface area contributed by atoms with Gasteiger partial charge in [-0.15, -0.1) is 0 Å². The molecule has 3 aromatic rings. The summed E-state index contributed by atoms with van der Waals surface area (Å²) >= 11 is 0. The molecule has 1 aliphatic rings. The molecule has 0 bridgehead atoms. The molecule has 2 aromatic carbocycles. The van der Waals surface area contributed by atoms with Crippen molar-refractivity contribution in [2.24, 2.45) is 0 Å². The minimum absolute atomic E-state index is 0.295. The lowest BCUT2D eigenvalue weighted by Gasteiger charge is -2.09. The maximum absolute atomic E-state index is 12.6. The first kappa shape index (κ1) is 16.7. The monoisotopic (exact) mass is 360 g/mol. The molecule has 0 aliphatic carbocycles. The summed E-state index contributed by atoms with van der Waals surface area (Å²) in [6.45, 7) is 1.94. The molecule has 0 saturated heterocycles. The van der Waals surface area contributed by atoms with E-state index in [1.54, 1.807) is 36.4 Å². The number of rotatable bonds is 3. The quantitative estimate of drug-likeness (QED) is 0.669. The largest absolute Gasteiger partial charge is 0.465 e. The second-order valence-electron chi connectivity index (χ2n) is 6.10. The lowest BCUT2D eigenvalue weighted by atomic mass is 10.1. The van der Waals surface area contributed by atoms with Crippen molar-refractivity contribution in [3.05, 3.63) is 77.8 Å². The van der Waals surface area contributed by atoms with Crippen molar-refractivity contribution in [2.45, 2.75) is 6.92 Å². The summed E-state index contributed by atoms with van der Waals surface area (Å²) in [5.41, 5.74) is 2.46. The van der Waals surface area contributed by atoms with Gasteiger partial charge in [-0.3, -0.25) is 9.59 Å². The van der Waals surface area contributed by atoms with Crippen LogP contribution in [0.3, 0.4) is 0 Å². The van der Waals surface area contributed by atoms with Crippen molar-refractivity contribution in [1.29, 1.82) is 0 Å². The number of benzene rings is 2. The highest BCUT2D eigenvalue weighted by Gasteiger charge is 2.21. The Morgan fingerprint density at radius 2 is 1.96 bits per heavy atom. The van der Waals surface area contributed by atoms with Gasteiger partial charge in [0.1, 0.15) is 11.5 Å². The molecule has 134 valence electrons. The molecule has 27 heavy (non-hydrogen) atoms. The zero-order valence-electron chi connectivity index (χ0n) is 14.5. The predicted octanol–water partition coefficient (Wildman–Crippen LogP) is 4.60. The van der Waals surface area contributed by atoms with Crippen molar-refractivity contribution in [3.63, 3.8) is 0 Å². The van der Waals surface area contributed by atoms with Crippen LogP contribution in [0.4, 0.5) is 11.4 Å². The molecule has 0 fully saturated rings. The zero-order valence-corrected chi connectivity index (χ0v) is 14.5. The number of fused-ring (bicyclic) bond motifs is 2. The highest BCUT2D eigenvalue weighted by atomic mass is 16.5. The van der Waals surface area contributed by atoms with E-state index in [-0.39, 0.29) is 11.8 Å². The molecule has 2 N–H and O–H groups in total. The number of nitrogens with one attached hydrogen (secondary N) is 2. The van der Waals surface area contributed by atoms with Gasteiger partial charge in [0.05, 0.1) is 17.5 Å². The van der Waals surface area contributed by atoms with Crippen molar-refractivity contribution >= 4 is 29.3 Å². The molecule has 0 atom stereocenters. The first-order valence-electron chi connectivity index (χ1n) is 8.35. The molecule has 0 saturated carbocycles. The molecule has 1 aliphatic heterocycles. The minimum atomic E-state index is -0.333. The molecule has 2 amide bonds. The number of carbonyl (C=O) groups excluding carboxylic acids is 2. The average Bonchev–Trinajstić information content (AvgIpc) is 3.12. The third-order valence-corrected chi connectivity index (χ3v) is 4.04. The summed E-state index contributed by atoms with van der Waals surface area (Å²) in [4.78, 5) is 24.6. The van der Waals surface area contributed by atoms with Crippen molar-refractivity contribution in [2.75, 3.05) is 10.6 Å². The summed E-state index contributed by atoms with van der Waals surface area (Å²) in [6, 6.07) is 14.0. The maximum Gasteiger partial charge on any atom is 0.259 e. The number of amides is 2. The summed E-state index contributed by atoms with van der Waals surface area (Å²) in [6.07, 6.45) is 4.45. The number of hydrogen-bond acceptors (Lipinski definition) is 4. The molecule has 4 rings (SSSR count). The molecule has 2 heterocycles. The van der Waals surface area contributed by atoms with Crippen molar-refractivity contribution < 1.29 is 18.7 Å². The van der Waals surface area contributed by atoms with Crippen LogP contribution in [0, 0.1) is 6.92 Å². The van der Waals surface area contributed by atoms with Crippen molar-refractivity contribution in [3.8, 4) is 11.5 Å². The Balaban J connectivity index is 1.55. The molecule has 0 unspecified atom stereocenters. The highest BCUT2D eigenvalue weighted by Crippen LogP contribution is 2.37. The summed E-state index contributed by atoms with van der Waals surface area (Å²) in [5.74, 6) is 0.954. The van der Waals surface area contributed by atoms with Gasteiger partial charge < -0.3 is 19.8 Å². The maximum atomic E-state index is 12.6. The molecular formula is C21H16N2O4. The number of hydrogen-bond donors (Lipinski definition) is 2. The SMILES string of the molecule is Cc1ccc2c(c1)NC(=O)c1cc(NC(=O)/C=C/c3ccco3)ccc1O2. The number of furan rings is 1. The lowest BCUT2D eigenvalue weighted by Crippen LogP contribution is -2.12. The molecule has 1 aromatic heterocycles. The Morgan fingerprint density at radius 3 is 2.78 bits per heavy atom. The second kappa shape index (κ2) is 6.84. The van der Waals surface area contributed by atoms with E-state index in [1.165, 1.54) is 12.3 Å². The fourth-order valence-electron chi connectivity index (χ4n) is 2.74. The van der Waals surface area contributed by atoms with Crippen LogP contribution in [-0.2, 0) is 4.79 Å². The smallest absolute Gasteiger partial charge is 0.259 e. The standard InChI is InChI=1S/C21H16N2O4/c1-13-4-7-19-17(11-13)23-21(25)16-12-14(5-8-18(16)27-19)22-20(24)9-6-15-3-2-10-26-15/h2-12H,1H3,(H,22,24)(H,23,25)/b9-6+. The Morgan fingerprint density at radius 1 is 1.11 bits per heavy atom. The number of carbonyl (C=O) groups is 2. The normalized spacial score (nSPS) is 12.6. The lowest BCUT2D eigenvalue weighted by molar-refractivity contribution is -0.111. The highest BCUT2D eigenvalue weighted by molar-refractivity contribution is 6.09. The van der Waals surface area contributed by atoms with Crippen LogP contribution in [0.2, 0.25) is 0 Å². The first-order valence-corrected chi connectivity index (χ1v) is 8.35. The molecule has 6 nitrogen and oxygen atoms in total. The van der Waals surface area contributed by atoms with Gasteiger partial charge in [-0.2, -0.15) is 0 Å². The first-order chi connectivity index (χ1) is 13.1. The van der Waals surface area contributed by atoms with Gasteiger partial charge >= 0.3 is 0 Å². The van der Waals surface area contributed by atoms with Gasteiger partial charge in [-0.25, -0.2) is 0 Å². The predicted molar refractivity (Wildman–Crippen MR) is 102 cm³/mol. The summed E-state index contributed by atoms with van der Waals surface area (Å²) in [7, 11) is 0. The Bertz CT molecular complexity index is 1050. The average molecular weight is 360 g/mol. The van der Waals surface area contributed by atoms with E-state index >= 15 is 0 Å². The van der Waals surface area contributed by atoms with E-state index in [2.05, 4.69) is 10.6 Å². The van der Waals surface area contributed by atoms with Crippen LogP contribution in [0.15, 0.2) is 65.3 Å². The Kier molecular flexibility index (Phi) is 4.22. The zero-order chi connectivity index (χ0) is 18.8. The number of ether oxygens (including phenoxy) is 1. The fourth-order valence-corrected chi connectivity index (χ4v) is 2.74. The summed E-state index contributed by atoms with van der Waals surface area (Å²) < 4.78 is 11.0. The molecule has 0 radical (unpaired) electrons. The van der Waals surface area contributed by atoms with E-state index < -0.39 is 0 Å². The molecule has 6 heteroatoms. The van der Waals surface area contributed by atoms with E-state index in [1.807, 2.05) is 25.1 Å². The fraction of sp³-hybridized carbons (Fsp3) is 0.0476. The van der Waals surface area contributed by atoms with Gasteiger partial charge in [-0.05, 0) is 61.0 Å². The van der Waals surface area contributed by atoms with Gasteiger partial charge in [-0.1, -0.05) is 6.07 Å². The van der Waals surface area contributed by atoms with E-state index in [9.17, 15) is 9.59 Å². The second-order valence-corrected chi connectivity index (χ2v) is 6.10. The van der Waals surface area contributed by atoms with Crippen LogP contribution in [-0.4, -0.2) is 11.8 Å². The van der Waals surface area contributed by atoms with Gasteiger partial charge in [0.15, 0.2) is 5.75 Å². The Labute approximate surface area is 155 Å². The van der Waals surface area contributed by atoms with Crippen LogP contribution in [0.5, 0.6) is 11.5 Å².